The molecule has 1 rings (SSSR count). The van der Waals surface area contributed by atoms with Crippen molar-refractivity contribution in [2.45, 2.75) is 12.8 Å². The van der Waals surface area contributed by atoms with Crippen molar-refractivity contribution in [2.75, 3.05) is 58.9 Å². The van der Waals surface area contributed by atoms with Crippen molar-refractivity contribution in [1.29, 1.82) is 0 Å². The molecule has 0 fully saturated rings. The molecule has 1 atom stereocenters. The number of nitrogens with two attached hydrogens (primary N) is 1. The summed E-state index contributed by atoms with van der Waals surface area (Å²) >= 11 is 0. The average molecular weight is 307 g/mol. The highest BCUT2D eigenvalue weighted by Gasteiger charge is 2.03. The molecular weight excluding hydrogens is 274 g/mol. The summed E-state index contributed by atoms with van der Waals surface area (Å²) in [6, 6.07) is 10.7. The van der Waals surface area contributed by atoms with E-state index in [0.29, 0.717) is 12.5 Å². The van der Waals surface area contributed by atoms with Crippen LogP contribution in [0.1, 0.15) is 18.4 Å². The summed E-state index contributed by atoms with van der Waals surface area (Å²) in [4.78, 5) is 0. The Hall–Kier alpha value is -0.980. The highest BCUT2D eigenvalue weighted by atomic mass is 15.0. The SMILES string of the molecule is CC(CNCCNCCNCCNCCN)c1ccccc1. The summed E-state index contributed by atoms with van der Waals surface area (Å²) in [7, 11) is 0. The smallest absolute Gasteiger partial charge is 0.00772 e. The molecule has 0 aromatic heterocycles. The second-order valence-corrected chi connectivity index (χ2v) is 5.55. The van der Waals surface area contributed by atoms with Crippen LogP contribution in [0.2, 0.25) is 0 Å². The van der Waals surface area contributed by atoms with Crippen LogP contribution >= 0.6 is 0 Å². The van der Waals surface area contributed by atoms with Gasteiger partial charge in [-0.2, -0.15) is 0 Å². The third kappa shape index (κ3) is 9.87. The largest absolute Gasteiger partial charge is 0.329 e. The predicted molar refractivity (Wildman–Crippen MR) is 95.4 cm³/mol. The number of benzene rings is 1. The molecule has 126 valence electrons. The van der Waals surface area contributed by atoms with Crippen molar-refractivity contribution in [1.82, 2.24) is 21.3 Å². The minimum atomic E-state index is 0.559. The van der Waals surface area contributed by atoms with E-state index in [9.17, 15) is 0 Å². The first-order valence-corrected chi connectivity index (χ1v) is 8.42. The van der Waals surface area contributed by atoms with E-state index in [1.165, 1.54) is 5.56 Å². The van der Waals surface area contributed by atoms with E-state index in [2.05, 4.69) is 58.5 Å². The van der Waals surface area contributed by atoms with Crippen LogP contribution in [0.5, 0.6) is 0 Å². The third-order valence-corrected chi connectivity index (χ3v) is 3.58. The number of rotatable bonds is 14. The van der Waals surface area contributed by atoms with Gasteiger partial charge in [-0.1, -0.05) is 37.3 Å². The van der Waals surface area contributed by atoms with Gasteiger partial charge in [-0.05, 0) is 11.5 Å². The van der Waals surface area contributed by atoms with Crippen LogP contribution in [0.3, 0.4) is 0 Å². The zero-order valence-corrected chi connectivity index (χ0v) is 13.9. The topological polar surface area (TPSA) is 74.1 Å². The van der Waals surface area contributed by atoms with Gasteiger partial charge in [-0.25, -0.2) is 0 Å². The molecule has 0 aliphatic carbocycles. The molecule has 0 spiro atoms. The molecular formula is C17H33N5. The van der Waals surface area contributed by atoms with Crippen LogP contribution in [0, 0.1) is 0 Å². The van der Waals surface area contributed by atoms with E-state index in [1.807, 2.05) is 0 Å². The first-order valence-electron chi connectivity index (χ1n) is 8.42. The molecule has 0 saturated carbocycles. The van der Waals surface area contributed by atoms with Crippen LogP contribution in [-0.4, -0.2) is 58.9 Å². The lowest BCUT2D eigenvalue weighted by molar-refractivity contribution is 0.555. The fourth-order valence-corrected chi connectivity index (χ4v) is 2.23. The Morgan fingerprint density at radius 3 is 1.82 bits per heavy atom. The first kappa shape index (κ1) is 19.1. The van der Waals surface area contributed by atoms with E-state index in [-0.39, 0.29) is 0 Å². The zero-order chi connectivity index (χ0) is 15.9. The van der Waals surface area contributed by atoms with E-state index in [1.54, 1.807) is 0 Å². The van der Waals surface area contributed by atoms with Gasteiger partial charge in [0.2, 0.25) is 0 Å². The van der Waals surface area contributed by atoms with E-state index >= 15 is 0 Å². The highest BCUT2D eigenvalue weighted by molar-refractivity contribution is 5.18. The van der Waals surface area contributed by atoms with Crippen molar-refractivity contribution >= 4 is 0 Å². The Bertz CT molecular complexity index is 344. The molecule has 0 heterocycles. The fourth-order valence-electron chi connectivity index (χ4n) is 2.23. The molecule has 0 saturated heterocycles. The molecule has 5 nitrogen and oxygen atoms in total. The van der Waals surface area contributed by atoms with E-state index in [4.69, 9.17) is 5.73 Å². The maximum atomic E-state index is 5.40. The molecule has 0 radical (unpaired) electrons. The molecule has 5 heteroatoms. The van der Waals surface area contributed by atoms with Crippen molar-refractivity contribution in [3.05, 3.63) is 35.9 Å². The lowest BCUT2D eigenvalue weighted by Gasteiger charge is -2.13. The fraction of sp³-hybridized carbons (Fsp3) is 0.647. The normalized spacial score (nSPS) is 12.5. The quantitative estimate of drug-likeness (QED) is 0.316. The van der Waals surface area contributed by atoms with Crippen LogP contribution in [0.4, 0.5) is 0 Å². The Morgan fingerprint density at radius 2 is 1.27 bits per heavy atom. The Balaban J connectivity index is 1.84. The maximum absolute atomic E-state index is 5.40. The summed E-state index contributed by atoms with van der Waals surface area (Å²) in [5.74, 6) is 0.559. The highest BCUT2D eigenvalue weighted by Crippen LogP contribution is 2.12. The summed E-state index contributed by atoms with van der Waals surface area (Å²) in [5.41, 5.74) is 6.80. The van der Waals surface area contributed by atoms with Gasteiger partial charge >= 0.3 is 0 Å². The second-order valence-electron chi connectivity index (χ2n) is 5.55. The number of hydrogen-bond donors (Lipinski definition) is 5. The lowest BCUT2D eigenvalue weighted by Crippen LogP contribution is -2.36. The minimum absolute atomic E-state index is 0.559. The van der Waals surface area contributed by atoms with Gasteiger partial charge in [0.05, 0.1) is 0 Å². The van der Waals surface area contributed by atoms with Crippen molar-refractivity contribution in [3.63, 3.8) is 0 Å². The second kappa shape index (κ2) is 13.7. The van der Waals surface area contributed by atoms with Gasteiger partial charge in [-0.15, -0.1) is 0 Å². The Labute approximate surface area is 135 Å². The Morgan fingerprint density at radius 1 is 0.773 bits per heavy atom. The van der Waals surface area contributed by atoms with E-state index in [0.717, 1.165) is 52.4 Å². The zero-order valence-electron chi connectivity index (χ0n) is 13.9. The van der Waals surface area contributed by atoms with Gasteiger partial charge in [0, 0.05) is 58.9 Å². The van der Waals surface area contributed by atoms with Crippen LogP contribution < -0.4 is 27.0 Å². The molecule has 1 unspecified atom stereocenters. The van der Waals surface area contributed by atoms with Crippen LogP contribution in [0.15, 0.2) is 30.3 Å². The van der Waals surface area contributed by atoms with Gasteiger partial charge in [0.1, 0.15) is 0 Å². The monoisotopic (exact) mass is 307 g/mol. The van der Waals surface area contributed by atoms with Crippen molar-refractivity contribution in [3.8, 4) is 0 Å². The molecule has 6 N–H and O–H groups in total. The van der Waals surface area contributed by atoms with Gasteiger partial charge in [0.25, 0.3) is 0 Å². The van der Waals surface area contributed by atoms with Crippen LogP contribution in [0.25, 0.3) is 0 Å². The number of hydrogen-bond acceptors (Lipinski definition) is 5. The third-order valence-electron chi connectivity index (χ3n) is 3.58. The maximum Gasteiger partial charge on any atom is 0.00772 e. The summed E-state index contributed by atoms with van der Waals surface area (Å²) in [6.07, 6.45) is 0. The summed E-state index contributed by atoms with van der Waals surface area (Å²) in [6.45, 7) is 10.9. The summed E-state index contributed by atoms with van der Waals surface area (Å²) in [5, 5.41) is 13.6. The molecule has 0 bridgehead atoms. The number of nitrogens with one attached hydrogen (secondary N) is 4. The van der Waals surface area contributed by atoms with Crippen molar-refractivity contribution in [2.24, 2.45) is 5.73 Å². The van der Waals surface area contributed by atoms with Gasteiger partial charge in [0.15, 0.2) is 0 Å². The average Bonchev–Trinajstić information content (AvgIpc) is 2.56. The molecule has 22 heavy (non-hydrogen) atoms. The van der Waals surface area contributed by atoms with Crippen LogP contribution in [-0.2, 0) is 0 Å². The standard InChI is InChI=1S/C17H33N5/c1-16(17-5-3-2-4-6-17)15-22-14-13-21-12-11-20-10-9-19-8-7-18/h2-6,16,19-22H,7-15,18H2,1H3. The van der Waals surface area contributed by atoms with Gasteiger partial charge < -0.3 is 27.0 Å². The lowest BCUT2D eigenvalue weighted by atomic mass is 10.0. The predicted octanol–water partition coefficient (Wildman–Crippen LogP) is 0.107. The molecule has 1 aromatic rings. The first-order chi connectivity index (χ1) is 10.8. The molecule has 0 aliphatic heterocycles. The van der Waals surface area contributed by atoms with Gasteiger partial charge in [-0.3, -0.25) is 0 Å². The van der Waals surface area contributed by atoms with E-state index < -0.39 is 0 Å². The molecule has 0 amide bonds. The molecule has 1 aromatic carbocycles. The summed E-state index contributed by atoms with van der Waals surface area (Å²) < 4.78 is 0. The van der Waals surface area contributed by atoms with Crippen molar-refractivity contribution < 1.29 is 0 Å². The Kier molecular flexibility index (Phi) is 11.8. The molecule has 0 aliphatic rings. The minimum Gasteiger partial charge on any atom is -0.329 e.